The highest BCUT2D eigenvalue weighted by atomic mass is 16.5. The second-order valence-corrected chi connectivity index (χ2v) is 5.50. The van der Waals surface area contributed by atoms with Gasteiger partial charge in [-0.15, -0.1) is 0 Å². The van der Waals surface area contributed by atoms with E-state index in [1.807, 2.05) is 12.4 Å². The molecule has 0 aliphatic rings. The van der Waals surface area contributed by atoms with Crippen molar-refractivity contribution in [2.24, 2.45) is 5.92 Å². The van der Waals surface area contributed by atoms with Crippen molar-refractivity contribution in [3.63, 3.8) is 0 Å². The highest BCUT2D eigenvalue weighted by Gasteiger charge is 2.11. The summed E-state index contributed by atoms with van der Waals surface area (Å²) in [6.07, 6.45) is 3.78. The largest absolute Gasteiger partial charge is 0.383 e. The van der Waals surface area contributed by atoms with E-state index in [4.69, 9.17) is 9.47 Å². The molecule has 0 atom stereocenters. The maximum Gasteiger partial charge on any atom is 0.0637 e. The predicted octanol–water partition coefficient (Wildman–Crippen LogP) is 1.93. The Kier molecular flexibility index (Phi) is 8.98. The summed E-state index contributed by atoms with van der Waals surface area (Å²) < 4.78 is 10.4. The van der Waals surface area contributed by atoms with Gasteiger partial charge in [0.15, 0.2) is 0 Å². The van der Waals surface area contributed by atoms with Gasteiger partial charge in [0.1, 0.15) is 0 Å². The summed E-state index contributed by atoms with van der Waals surface area (Å²) in [5.74, 6) is 0.642. The Balaban J connectivity index is 2.75. The van der Waals surface area contributed by atoms with Crippen molar-refractivity contribution >= 4 is 5.69 Å². The summed E-state index contributed by atoms with van der Waals surface area (Å²) in [6, 6.07) is 2.07. The molecule has 0 amide bonds. The molecule has 5 nitrogen and oxygen atoms in total. The van der Waals surface area contributed by atoms with E-state index in [2.05, 4.69) is 35.1 Å². The number of anilines is 1. The van der Waals surface area contributed by atoms with Crippen molar-refractivity contribution in [2.45, 2.75) is 20.4 Å². The third-order valence-electron chi connectivity index (χ3n) is 3.22. The molecule has 0 unspecified atom stereocenters. The molecule has 0 aromatic carbocycles. The number of nitrogens with one attached hydrogen (secondary N) is 1. The molecule has 1 aromatic rings. The van der Waals surface area contributed by atoms with Crippen LogP contribution in [0, 0.1) is 5.92 Å². The average Bonchev–Trinajstić information content (AvgIpc) is 2.48. The fraction of sp³-hybridized carbons (Fsp3) is 0.688. The standard InChI is InChI=1S/C16H29N3O2/c1-14(2)11-18-13-15-12-17-6-5-16(15)19(7-9-20-3)8-10-21-4/h5-6,12,14,18H,7-11,13H2,1-4H3. The van der Waals surface area contributed by atoms with Gasteiger partial charge in [-0.2, -0.15) is 0 Å². The van der Waals surface area contributed by atoms with E-state index < -0.39 is 0 Å². The molecule has 1 aromatic heterocycles. The third kappa shape index (κ3) is 6.89. The second-order valence-electron chi connectivity index (χ2n) is 5.50. The molecule has 120 valence electrons. The van der Waals surface area contributed by atoms with Gasteiger partial charge in [0.2, 0.25) is 0 Å². The first-order valence-electron chi connectivity index (χ1n) is 7.55. The van der Waals surface area contributed by atoms with E-state index >= 15 is 0 Å². The van der Waals surface area contributed by atoms with Crippen LogP contribution in [-0.4, -0.2) is 52.1 Å². The van der Waals surface area contributed by atoms with Crippen molar-refractivity contribution < 1.29 is 9.47 Å². The molecule has 1 rings (SSSR count). The van der Waals surface area contributed by atoms with Gasteiger partial charge >= 0.3 is 0 Å². The van der Waals surface area contributed by atoms with Crippen molar-refractivity contribution in [3.8, 4) is 0 Å². The number of pyridine rings is 1. The molecule has 0 aliphatic heterocycles. The van der Waals surface area contributed by atoms with Crippen LogP contribution < -0.4 is 10.2 Å². The van der Waals surface area contributed by atoms with Gasteiger partial charge in [0, 0.05) is 57.5 Å². The molecule has 0 fully saturated rings. The summed E-state index contributed by atoms with van der Waals surface area (Å²) >= 11 is 0. The van der Waals surface area contributed by atoms with Crippen LogP contribution in [-0.2, 0) is 16.0 Å². The number of ether oxygens (including phenoxy) is 2. The zero-order valence-corrected chi connectivity index (χ0v) is 13.8. The Morgan fingerprint density at radius 1 is 1.19 bits per heavy atom. The SMILES string of the molecule is COCCN(CCOC)c1ccncc1CNCC(C)C. The molecule has 0 radical (unpaired) electrons. The van der Waals surface area contributed by atoms with Crippen LogP contribution in [0.4, 0.5) is 5.69 Å². The number of hydrogen-bond donors (Lipinski definition) is 1. The number of nitrogens with zero attached hydrogens (tertiary/aromatic N) is 2. The Bertz CT molecular complexity index is 378. The van der Waals surface area contributed by atoms with Gasteiger partial charge in [0.05, 0.1) is 13.2 Å². The molecule has 21 heavy (non-hydrogen) atoms. The zero-order chi connectivity index (χ0) is 15.5. The van der Waals surface area contributed by atoms with Crippen molar-refractivity contribution in [3.05, 3.63) is 24.0 Å². The molecule has 5 heteroatoms. The number of hydrogen-bond acceptors (Lipinski definition) is 5. The summed E-state index contributed by atoms with van der Waals surface area (Å²) in [4.78, 5) is 6.55. The lowest BCUT2D eigenvalue weighted by atomic mass is 10.2. The van der Waals surface area contributed by atoms with Crippen LogP contribution >= 0.6 is 0 Å². The van der Waals surface area contributed by atoms with E-state index in [0.29, 0.717) is 19.1 Å². The normalized spacial score (nSPS) is 11.1. The third-order valence-corrected chi connectivity index (χ3v) is 3.22. The average molecular weight is 295 g/mol. The van der Waals surface area contributed by atoms with Gasteiger partial charge in [-0.1, -0.05) is 13.8 Å². The monoisotopic (exact) mass is 295 g/mol. The van der Waals surface area contributed by atoms with E-state index in [0.717, 1.165) is 26.2 Å². The number of methoxy groups -OCH3 is 2. The van der Waals surface area contributed by atoms with Crippen LogP contribution in [0.3, 0.4) is 0 Å². The first-order valence-corrected chi connectivity index (χ1v) is 7.55. The first kappa shape index (κ1) is 17.9. The summed E-state index contributed by atoms with van der Waals surface area (Å²) in [6.45, 7) is 9.35. The summed E-state index contributed by atoms with van der Waals surface area (Å²) in [5, 5.41) is 3.48. The lowest BCUT2D eigenvalue weighted by molar-refractivity contribution is 0.190. The predicted molar refractivity (Wildman–Crippen MR) is 86.7 cm³/mol. The van der Waals surface area contributed by atoms with Crippen LogP contribution in [0.15, 0.2) is 18.5 Å². The van der Waals surface area contributed by atoms with Crippen LogP contribution in [0.5, 0.6) is 0 Å². The fourth-order valence-corrected chi connectivity index (χ4v) is 2.12. The van der Waals surface area contributed by atoms with Gasteiger partial charge in [-0.05, 0) is 18.5 Å². The molecule has 0 bridgehead atoms. The van der Waals surface area contributed by atoms with Crippen molar-refractivity contribution in [1.29, 1.82) is 0 Å². The van der Waals surface area contributed by atoms with Crippen LogP contribution in [0.1, 0.15) is 19.4 Å². The van der Waals surface area contributed by atoms with Gasteiger partial charge in [0.25, 0.3) is 0 Å². The van der Waals surface area contributed by atoms with Crippen LogP contribution in [0.2, 0.25) is 0 Å². The highest BCUT2D eigenvalue weighted by Crippen LogP contribution is 2.19. The molecule has 0 aliphatic carbocycles. The minimum atomic E-state index is 0.642. The number of aromatic nitrogens is 1. The maximum atomic E-state index is 5.21. The number of rotatable bonds is 11. The lowest BCUT2D eigenvalue weighted by Gasteiger charge is -2.26. The van der Waals surface area contributed by atoms with Crippen molar-refractivity contribution in [1.82, 2.24) is 10.3 Å². The topological polar surface area (TPSA) is 46.6 Å². The fourth-order valence-electron chi connectivity index (χ4n) is 2.12. The highest BCUT2D eigenvalue weighted by molar-refractivity contribution is 5.52. The molecule has 1 N–H and O–H groups in total. The quantitative estimate of drug-likeness (QED) is 0.676. The molecule has 1 heterocycles. The van der Waals surface area contributed by atoms with Gasteiger partial charge in [-0.25, -0.2) is 0 Å². The maximum absolute atomic E-state index is 5.21. The lowest BCUT2D eigenvalue weighted by Crippen LogP contribution is -2.32. The van der Waals surface area contributed by atoms with E-state index in [1.165, 1.54) is 11.3 Å². The van der Waals surface area contributed by atoms with E-state index in [9.17, 15) is 0 Å². The summed E-state index contributed by atoms with van der Waals surface area (Å²) in [7, 11) is 3.46. The molecule has 0 saturated carbocycles. The minimum absolute atomic E-state index is 0.642. The molecular weight excluding hydrogens is 266 g/mol. The van der Waals surface area contributed by atoms with Crippen LogP contribution in [0.25, 0.3) is 0 Å². The molecule has 0 spiro atoms. The second kappa shape index (κ2) is 10.5. The van der Waals surface area contributed by atoms with Gasteiger partial charge < -0.3 is 19.7 Å². The molecular formula is C16H29N3O2. The molecule has 0 saturated heterocycles. The Hall–Kier alpha value is -1.17. The Labute approximate surface area is 128 Å². The van der Waals surface area contributed by atoms with E-state index in [1.54, 1.807) is 14.2 Å². The summed E-state index contributed by atoms with van der Waals surface area (Å²) in [5.41, 5.74) is 2.42. The van der Waals surface area contributed by atoms with E-state index in [-0.39, 0.29) is 0 Å². The Morgan fingerprint density at radius 3 is 2.43 bits per heavy atom. The van der Waals surface area contributed by atoms with Gasteiger partial charge in [-0.3, -0.25) is 4.98 Å². The zero-order valence-electron chi connectivity index (χ0n) is 13.8. The smallest absolute Gasteiger partial charge is 0.0637 e. The minimum Gasteiger partial charge on any atom is -0.383 e. The van der Waals surface area contributed by atoms with Crippen molar-refractivity contribution in [2.75, 3.05) is 52.0 Å². The first-order chi connectivity index (χ1) is 10.2. The Morgan fingerprint density at radius 2 is 1.86 bits per heavy atom.